The lowest BCUT2D eigenvalue weighted by Gasteiger charge is -2.22. The highest BCUT2D eigenvalue weighted by atomic mass is 16.5. The van der Waals surface area contributed by atoms with Gasteiger partial charge in [-0.15, -0.1) is 0 Å². The van der Waals surface area contributed by atoms with Gasteiger partial charge in [0, 0.05) is 13.2 Å². The first-order valence-corrected chi connectivity index (χ1v) is 5.84. The third-order valence-electron chi connectivity index (χ3n) is 3.25. The van der Waals surface area contributed by atoms with Crippen molar-refractivity contribution >= 4 is 5.97 Å². The molecule has 3 N–H and O–H groups in total. The number of carboxylic acids is 1. The Balaban J connectivity index is 2.09. The van der Waals surface area contributed by atoms with E-state index in [1.165, 1.54) is 5.56 Å². The van der Waals surface area contributed by atoms with Gasteiger partial charge in [0.25, 0.3) is 0 Å². The Bertz CT molecular complexity index is 382. The minimum absolute atomic E-state index is 0.527. The van der Waals surface area contributed by atoms with Crippen LogP contribution in [0.1, 0.15) is 35.9 Å². The molecule has 1 aliphatic rings. The Morgan fingerprint density at radius 3 is 2.41 bits per heavy atom. The standard InChI is InChI=1S/C13H17NO3/c14-12(13(15)16)11-3-1-9(2-4-11)10-5-7-17-8-6-10/h1-4,10,12H,5-8,14H2,(H,15,16). The summed E-state index contributed by atoms with van der Waals surface area (Å²) >= 11 is 0. The largest absolute Gasteiger partial charge is 0.480 e. The van der Waals surface area contributed by atoms with Crippen LogP contribution in [-0.4, -0.2) is 24.3 Å². The first kappa shape index (κ1) is 12.1. The van der Waals surface area contributed by atoms with Crippen LogP contribution in [-0.2, 0) is 9.53 Å². The van der Waals surface area contributed by atoms with Crippen LogP contribution < -0.4 is 5.73 Å². The molecule has 1 aliphatic heterocycles. The van der Waals surface area contributed by atoms with Gasteiger partial charge in [-0.2, -0.15) is 0 Å². The molecule has 0 spiro atoms. The van der Waals surface area contributed by atoms with Gasteiger partial charge in [-0.25, -0.2) is 0 Å². The quantitative estimate of drug-likeness (QED) is 0.835. The second-order valence-corrected chi connectivity index (χ2v) is 4.37. The van der Waals surface area contributed by atoms with E-state index in [2.05, 4.69) is 0 Å². The monoisotopic (exact) mass is 235 g/mol. The second-order valence-electron chi connectivity index (χ2n) is 4.37. The van der Waals surface area contributed by atoms with Gasteiger partial charge in [-0.05, 0) is 29.9 Å². The summed E-state index contributed by atoms with van der Waals surface area (Å²) in [5, 5.41) is 8.81. The number of hydrogen-bond donors (Lipinski definition) is 2. The third kappa shape index (κ3) is 2.84. The van der Waals surface area contributed by atoms with Crippen molar-refractivity contribution in [2.75, 3.05) is 13.2 Å². The van der Waals surface area contributed by atoms with Crippen LogP contribution in [0.5, 0.6) is 0 Å². The van der Waals surface area contributed by atoms with Crippen LogP contribution in [0, 0.1) is 0 Å². The van der Waals surface area contributed by atoms with E-state index in [1.807, 2.05) is 24.3 Å². The summed E-state index contributed by atoms with van der Waals surface area (Å²) in [6.45, 7) is 1.61. The highest BCUT2D eigenvalue weighted by Gasteiger charge is 2.17. The van der Waals surface area contributed by atoms with E-state index in [4.69, 9.17) is 15.6 Å². The molecule has 1 saturated heterocycles. The van der Waals surface area contributed by atoms with Crippen molar-refractivity contribution in [3.8, 4) is 0 Å². The summed E-state index contributed by atoms with van der Waals surface area (Å²) < 4.78 is 5.32. The van der Waals surface area contributed by atoms with Gasteiger partial charge in [0.05, 0.1) is 0 Å². The first-order chi connectivity index (χ1) is 8.18. The van der Waals surface area contributed by atoms with E-state index < -0.39 is 12.0 Å². The van der Waals surface area contributed by atoms with Gasteiger partial charge >= 0.3 is 5.97 Å². The summed E-state index contributed by atoms with van der Waals surface area (Å²) in [6.07, 6.45) is 2.06. The summed E-state index contributed by atoms with van der Waals surface area (Å²) in [5.41, 5.74) is 7.44. The van der Waals surface area contributed by atoms with Crippen LogP contribution in [0.2, 0.25) is 0 Å². The number of carbonyl (C=O) groups is 1. The maximum absolute atomic E-state index is 10.7. The SMILES string of the molecule is NC(C(=O)O)c1ccc(C2CCOCC2)cc1. The van der Waals surface area contributed by atoms with Crippen LogP contribution >= 0.6 is 0 Å². The molecular weight excluding hydrogens is 218 g/mol. The van der Waals surface area contributed by atoms with Crippen molar-refractivity contribution in [1.82, 2.24) is 0 Å². The summed E-state index contributed by atoms with van der Waals surface area (Å²) in [5.74, 6) is -0.470. The maximum Gasteiger partial charge on any atom is 0.325 e. The molecule has 4 nitrogen and oxygen atoms in total. The van der Waals surface area contributed by atoms with E-state index in [9.17, 15) is 4.79 Å². The highest BCUT2D eigenvalue weighted by Crippen LogP contribution is 2.27. The highest BCUT2D eigenvalue weighted by molar-refractivity contribution is 5.75. The van der Waals surface area contributed by atoms with Crippen molar-refractivity contribution < 1.29 is 14.6 Å². The van der Waals surface area contributed by atoms with E-state index in [0.717, 1.165) is 26.1 Å². The lowest BCUT2D eigenvalue weighted by molar-refractivity contribution is -0.138. The Kier molecular flexibility index (Phi) is 3.76. The third-order valence-corrected chi connectivity index (χ3v) is 3.25. The Hall–Kier alpha value is -1.39. The second kappa shape index (κ2) is 5.29. The number of benzene rings is 1. The van der Waals surface area contributed by atoms with Crippen LogP contribution in [0.25, 0.3) is 0 Å². The van der Waals surface area contributed by atoms with Crippen molar-refractivity contribution in [3.63, 3.8) is 0 Å². The number of rotatable bonds is 3. The molecule has 0 saturated carbocycles. The fourth-order valence-corrected chi connectivity index (χ4v) is 2.15. The van der Waals surface area contributed by atoms with Crippen LogP contribution in [0.3, 0.4) is 0 Å². The van der Waals surface area contributed by atoms with E-state index >= 15 is 0 Å². The van der Waals surface area contributed by atoms with E-state index in [-0.39, 0.29) is 0 Å². The normalized spacial score (nSPS) is 18.9. The fraction of sp³-hybridized carbons (Fsp3) is 0.462. The number of hydrogen-bond acceptors (Lipinski definition) is 3. The lowest BCUT2D eigenvalue weighted by Crippen LogP contribution is -2.20. The van der Waals surface area contributed by atoms with Crippen LogP contribution in [0.4, 0.5) is 0 Å². The smallest absolute Gasteiger partial charge is 0.325 e. The Morgan fingerprint density at radius 1 is 1.29 bits per heavy atom. The summed E-state index contributed by atoms with van der Waals surface area (Å²) in [4.78, 5) is 10.7. The van der Waals surface area contributed by atoms with Gasteiger partial charge < -0.3 is 15.6 Å². The van der Waals surface area contributed by atoms with Gasteiger partial charge in [-0.1, -0.05) is 24.3 Å². The summed E-state index contributed by atoms with van der Waals surface area (Å²) in [7, 11) is 0. The van der Waals surface area contributed by atoms with Gasteiger partial charge in [0.15, 0.2) is 0 Å². The molecule has 1 aromatic rings. The van der Waals surface area contributed by atoms with Gasteiger partial charge in [0.2, 0.25) is 0 Å². The molecule has 17 heavy (non-hydrogen) atoms. The van der Waals surface area contributed by atoms with Gasteiger partial charge in [0.1, 0.15) is 6.04 Å². The average molecular weight is 235 g/mol. The number of aliphatic carboxylic acids is 1. The Morgan fingerprint density at radius 2 is 1.88 bits per heavy atom. The van der Waals surface area contributed by atoms with Gasteiger partial charge in [-0.3, -0.25) is 4.79 Å². The molecule has 0 bridgehead atoms. The molecule has 1 atom stereocenters. The molecular formula is C13H17NO3. The zero-order valence-electron chi connectivity index (χ0n) is 9.63. The molecule has 0 amide bonds. The minimum atomic E-state index is -0.996. The molecule has 0 aromatic heterocycles. The average Bonchev–Trinajstić information content (AvgIpc) is 2.39. The summed E-state index contributed by atoms with van der Waals surface area (Å²) in [6, 6.07) is 6.65. The van der Waals surface area contributed by atoms with Crippen LogP contribution in [0.15, 0.2) is 24.3 Å². The van der Waals surface area contributed by atoms with E-state index in [1.54, 1.807) is 0 Å². The zero-order valence-corrected chi connectivity index (χ0v) is 9.63. The first-order valence-electron chi connectivity index (χ1n) is 5.84. The predicted molar refractivity (Wildman–Crippen MR) is 63.8 cm³/mol. The molecule has 92 valence electrons. The van der Waals surface area contributed by atoms with E-state index in [0.29, 0.717) is 11.5 Å². The molecule has 1 unspecified atom stereocenters. The van der Waals surface area contributed by atoms with Crippen molar-refractivity contribution in [3.05, 3.63) is 35.4 Å². The molecule has 4 heteroatoms. The zero-order chi connectivity index (χ0) is 12.3. The number of nitrogens with two attached hydrogens (primary N) is 1. The fourth-order valence-electron chi connectivity index (χ4n) is 2.15. The predicted octanol–water partition coefficient (Wildman–Crippen LogP) is 1.67. The molecule has 0 aliphatic carbocycles. The minimum Gasteiger partial charge on any atom is -0.480 e. The Labute approximate surface area is 100 Å². The molecule has 0 radical (unpaired) electrons. The number of carboxylic acid groups (broad SMARTS) is 1. The molecule has 1 heterocycles. The van der Waals surface area contributed by atoms with Crippen molar-refractivity contribution in [1.29, 1.82) is 0 Å². The van der Waals surface area contributed by atoms with Crippen molar-refractivity contribution in [2.45, 2.75) is 24.8 Å². The van der Waals surface area contributed by atoms with Crippen molar-refractivity contribution in [2.24, 2.45) is 5.73 Å². The molecule has 1 aromatic carbocycles. The maximum atomic E-state index is 10.7. The molecule has 2 rings (SSSR count). The molecule has 1 fully saturated rings. The number of ether oxygens (including phenoxy) is 1. The topological polar surface area (TPSA) is 72.6 Å². The lowest BCUT2D eigenvalue weighted by atomic mass is 9.90.